The molecule has 0 aliphatic heterocycles. The van der Waals surface area contributed by atoms with Crippen molar-refractivity contribution in [3.63, 3.8) is 0 Å². The first-order chi connectivity index (χ1) is 8.97. The van der Waals surface area contributed by atoms with Crippen LogP contribution in [0.4, 0.5) is 0 Å². The first kappa shape index (κ1) is 13.4. The first-order valence-electron chi connectivity index (χ1n) is 5.86. The number of aromatic amines is 1. The molecule has 0 fully saturated rings. The summed E-state index contributed by atoms with van der Waals surface area (Å²) in [6.07, 6.45) is 0. The Hall–Kier alpha value is -2.01. The van der Waals surface area contributed by atoms with Crippen LogP contribution < -0.4 is 10.9 Å². The SMILES string of the molecule is CC(C)C(=O)NNC(=O)c1cc2cc(Cl)ccc2[nH]1. The summed E-state index contributed by atoms with van der Waals surface area (Å²) in [5, 5.41) is 1.44. The number of amides is 2. The molecule has 0 unspecified atom stereocenters. The monoisotopic (exact) mass is 279 g/mol. The second-order valence-corrected chi connectivity index (χ2v) is 4.95. The van der Waals surface area contributed by atoms with Crippen molar-refractivity contribution >= 4 is 34.3 Å². The quantitative estimate of drug-likeness (QED) is 0.738. The highest BCUT2D eigenvalue weighted by molar-refractivity contribution is 6.31. The third-order valence-electron chi connectivity index (χ3n) is 2.65. The fraction of sp³-hybridized carbons (Fsp3) is 0.231. The summed E-state index contributed by atoms with van der Waals surface area (Å²) < 4.78 is 0. The number of hydrogen-bond donors (Lipinski definition) is 3. The number of hydrogen-bond acceptors (Lipinski definition) is 2. The highest BCUT2D eigenvalue weighted by Crippen LogP contribution is 2.19. The molecule has 0 bridgehead atoms. The fourth-order valence-electron chi connectivity index (χ4n) is 1.56. The van der Waals surface area contributed by atoms with Crippen LogP contribution in [0.1, 0.15) is 24.3 Å². The van der Waals surface area contributed by atoms with Gasteiger partial charge in [0.2, 0.25) is 5.91 Å². The molecule has 2 aromatic rings. The van der Waals surface area contributed by atoms with Crippen LogP contribution in [-0.4, -0.2) is 16.8 Å². The molecule has 3 N–H and O–H groups in total. The molecule has 6 heteroatoms. The molecule has 1 heterocycles. The Morgan fingerprint density at radius 1 is 1.21 bits per heavy atom. The Labute approximate surface area is 115 Å². The summed E-state index contributed by atoms with van der Waals surface area (Å²) in [6, 6.07) is 6.97. The van der Waals surface area contributed by atoms with Gasteiger partial charge in [-0.2, -0.15) is 0 Å². The lowest BCUT2D eigenvalue weighted by molar-refractivity contribution is -0.124. The molecule has 0 saturated heterocycles. The van der Waals surface area contributed by atoms with E-state index in [2.05, 4.69) is 15.8 Å². The van der Waals surface area contributed by atoms with E-state index in [1.54, 1.807) is 38.1 Å². The molecule has 0 saturated carbocycles. The van der Waals surface area contributed by atoms with Crippen LogP contribution in [0.2, 0.25) is 5.02 Å². The molecule has 100 valence electrons. The summed E-state index contributed by atoms with van der Waals surface area (Å²) >= 11 is 5.87. The lowest BCUT2D eigenvalue weighted by Crippen LogP contribution is -2.43. The number of benzene rings is 1. The van der Waals surface area contributed by atoms with Gasteiger partial charge >= 0.3 is 0 Å². The molecule has 0 aliphatic rings. The second kappa shape index (κ2) is 5.32. The maximum Gasteiger partial charge on any atom is 0.286 e. The predicted octanol–water partition coefficient (Wildman–Crippen LogP) is 2.24. The second-order valence-electron chi connectivity index (χ2n) is 4.51. The molecular formula is C13H14ClN3O2. The number of carbonyl (C=O) groups is 2. The highest BCUT2D eigenvalue weighted by Gasteiger charge is 2.12. The molecule has 0 spiro atoms. The molecule has 0 radical (unpaired) electrons. The third kappa shape index (κ3) is 3.06. The van der Waals surface area contributed by atoms with Crippen LogP contribution in [0.3, 0.4) is 0 Å². The molecule has 5 nitrogen and oxygen atoms in total. The van der Waals surface area contributed by atoms with Gasteiger partial charge in [0.15, 0.2) is 0 Å². The molecule has 1 aromatic carbocycles. The van der Waals surface area contributed by atoms with Crippen molar-refractivity contribution < 1.29 is 9.59 Å². The van der Waals surface area contributed by atoms with E-state index in [-0.39, 0.29) is 11.8 Å². The van der Waals surface area contributed by atoms with Crippen LogP contribution in [0.15, 0.2) is 24.3 Å². The lowest BCUT2D eigenvalue weighted by atomic mass is 10.2. The van der Waals surface area contributed by atoms with Crippen molar-refractivity contribution in [1.29, 1.82) is 0 Å². The zero-order chi connectivity index (χ0) is 14.0. The van der Waals surface area contributed by atoms with Crippen molar-refractivity contribution in [2.45, 2.75) is 13.8 Å². The largest absolute Gasteiger partial charge is 0.350 e. The molecule has 0 atom stereocenters. The maximum absolute atomic E-state index is 11.8. The van der Waals surface area contributed by atoms with Gasteiger partial charge in [0.1, 0.15) is 5.69 Å². The van der Waals surface area contributed by atoms with Crippen LogP contribution in [0, 0.1) is 5.92 Å². The number of carbonyl (C=O) groups excluding carboxylic acids is 2. The van der Waals surface area contributed by atoms with Crippen molar-refractivity contribution in [3.8, 4) is 0 Å². The number of aromatic nitrogens is 1. The van der Waals surface area contributed by atoms with Crippen LogP contribution >= 0.6 is 11.6 Å². The van der Waals surface area contributed by atoms with E-state index >= 15 is 0 Å². The summed E-state index contributed by atoms with van der Waals surface area (Å²) in [5.41, 5.74) is 5.88. The predicted molar refractivity (Wildman–Crippen MR) is 73.8 cm³/mol. The Kier molecular flexibility index (Phi) is 3.76. The topological polar surface area (TPSA) is 74.0 Å². The first-order valence-corrected chi connectivity index (χ1v) is 6.23. The number of halogens is 1. The molecular weight excluding hydrogens is 266 g/mol. The molecule has 1 aromatic heterocycles. The van der Waals surface area contributed by atoms with E-state index in [1.807, 2.05) is 0 Å². The number of H-pyrrole nitrogens is 1. The van der Waals surface area contributed by atoms with E-state index < -0.39 is 5.91 Å². The van der Waals surface area contributed by atoms with Crippen molar-refractivity contribution in [2.24, 2.45) is 5.92 Å². The number of rotatable bonds is 2. The van der Waals surface area contributed by atoms with Crippen LogP contribution in [-0.2, 0) is 4.79 Å². The maximum atomic E-state index is 11.8. The van der Waals surface area contributed by atoms with Gasteiger partial charge in [-0.3, -0.25) is 20.4 Å². The Morgan fingerprint density at radius 2 is 1.95 bits per heavy atom. The van der Waals surface area contributed by atoms with Gasteiger partial charge in [-0.15, -0.1) is 0 Å². The average molecular weight is 280 g/mol. The van der Waals surface area contributed by atoms with Gasteiger partial charge in [0, 0.05) is 21.8 Å². The van der Waals surface area contributed by atoms with Gasteiger partial charge in [0.05, 0.1) is 0 Å². The number of fused-ring (bicyclic) bond motifs is 1. The molecule has 2 amide bonds. The summed E-state index contributed by atoms with van der Waals surface area (Å²) in [6.45, 7) is 3.48. The number of nitrogens with one attached hydrogen (secondary N) is 3. The van der Waals surface area contributed by atoms with E-state index in [0.717, 1.165) is 10.9 Å². The molecule has 19 heavy (non-hydrogen) atoms. The Morgan fingerprint density at radius 3 is 2.63 bits per heavy atom. The van der Waals surface area contributed by atoms with E-state index in [4.69, 9.17) is 11.6 Å². The molecule has 2 rings (SSSR count). The van der Waals surface area contributed by atoms with Gasteiger partial charge in [-0.1, -0.05) is 25.4 Å². The van der Waals surface area contributed by atoms with Crippen molar-refractivity contribution in [2.75, 3.05) is 0 Å². The average Bonchev–Trinajstić information content (AvgIpc) is 2.78. The van der Waals surface area contributed by atoms with Crippen LogP contribution in [0.5, 0.6) is 0 Å². The lowest BCUT2D eigenvalue weighted by Gasteiger charge is -2.07. The van der Waals surface area contributed by atoms with Gasteiger partial charge in [-0.05, 0) is 24.3 Å². The minimum Gasteiger partial charge on any atom is -0.350 e. The van der Waals surface area contributed by atoms with E-state index in [0.29, 0.717) is 10.7 Å². The van der Waals surface area contributed by atoms with E-state index in [9.17, 15) is 9.59 Å². The normalized spacial score (nSPS) is 10.7. The van der Waals surface area contributed by atoms with Crippen LogP contribution in [0.25, 0.3) is 10.9 Å². The Bertz CT molecular complexity index is 634. The van der Waals surface area contributed by atoms with Gasteiger partial charge < -0.3 is 4.98 Å². The highest BCUT2D eigenvalue weighted by atomic mass is 35.5. The smallest absolute Gasteiger partial charge is 0.286 e. The zero-order valence-electron chi connectivity index (χ0n) is 10.6. The summed E-state index contributed by atoms with van der Waals surface area (Å²) in [5.74, 6) is -0.837. The summed E-state index contributed by atoms with van der Waals surface area (Å²) in [4.78, 5) is 26.1. The Balaban J connectivity index is 2.11. The molecule has 0 aliphatic carbocycles. The fourth-order valence-corrected chi connectivity index (χ4v) is 1.74. The van der Waals surface area contributed by atoms with Gasteiger partial charge in [-0.25, -0.2) is 0 Å². The minimum absolute atomic E-state index is 0.193. The van der Waals surface area contributed by atoms with Crippen molar-refractivity contribution in [3.05, 3.63) is 35.0 Å². The summed E-state index contributed by atoms with van der Waals surface area (Å²) in [7, 11) is 0. The third-order valence-corrected chi connectivity index (χ3v) is 2.89. The minimum atomic E-state index is -0.402. The van der Waals surface area contributed by atoms with Gasteiger partial charge in [0.25, 0.3) is 5.91 Å². The standard InChI is InChI=1S/C13H14ClN3O2/c1-7(2)12(18)16-17-13(19)11-6-8-5-9(14)3-4-10(8)15-11/h3-7,15H,1-2H3,(H,16,18)(H,17,19). The zero-order valence-corrected chi connectivity index (χ0v) is 11.3. The van der Waals surface area contributed by atoms with E-state index in [1.165, 1.54) is 0 Å². The number of hydrazine groups is 1. The van der Waals surface area contributed by atoms with Crippen molar-refractivity contribution in [1.82, 2.24) is 15.8 Å².